The summed E-state index contributed by atoms with van der Waals surface area (Å²) in [7, 11) is 1.05. The monoisotopic (exact) mass is 606 g/mol. The Hall–Kier alpha value is -4.80. The molecular weight excluding hydrogens is 582 g/mol. The van der Waals surface area contributed by atoms with Crippen LogP contribution in [0.5, 0.6) is 0 Å². The molecule has 0 radical (unpaired) electrons. The zero-order chi connectivity index (χ0) is 31.4. The van der Waals surface area contributed by atoms with Crippen molar-refractivity contribution < 1.29 is 45.8 Å². The Kier molecular flexibility index (Phi) is 9.13. The number of ether oxygens (including phenoxy) is 1. The van der Waals surface area contributed by atoms with Gasteiger partial charge in [-0.1, -0.05) is 18.1 Å². The summed E-state index contributed by atoms with van der Waals surface area (Å²) in [5, 5.41) is 11.9. The third kappa shape index (κ3) is 7.94. The van der Waals surface area contributed by atoms with Gasteiger partial charge in [0, 0.05) is 30.5 Å². The van der Waals surface area contributed by atoms with Gasteiger partial charge in [-0.3, -0.25) is 4.79 Å². The van der Waals surface area contributed by atoms with E-state index in [-0.39, 0.29) is 23.0 Å². The van der Waals surface area contributed by atoms with E-state index in [1.54, 1.807) is 12.1 Å². The number of esters is 1. The van der Waals surface area contributed by atoms with Gasteiger partial charge in [0.2, 0.25) is 5.95 Å². The molecule has 0 unspecified atom stereocenters. The number of amides is 1. The molecular formula is C29H24F6N4O4. The van der Waals surface area contributed by atoms with Gasteiger partial charge < -0.3 is 20.1 Å². The fraction of sp³-hybridized carbons (Fsp3) is 0.310. The van der Waals surface area contributed by atoms with E-state index in [4.69, 9.17) is 5.11 Å². The number of anilines is 2. The summed E-state index contributed by atoms with van der Waals surface area (Å²) >= 11 is 0. The molecule has 226 valence electrons. The molecule has 4 rings (SSSR count). The van der Waals surface area contributed by atoms with Crippen LogP contribution in [0.25, 0.3) is 0 Å². The maximum Gasteiger partial charge on any atom is 0.420 e. The van der Waals surface area contributed by atoms with Crippen LogP contribution in [0.4, 0.5) is 42.8 Å². The van der Waals surface area contributed by atoms with E-state index < -0.39 is 47.7 Å². The summed E-state index contributed by atoms with van der Waals surface area (Å²) in [6, 6.07) is 9.39. The van der Waals surface area contributed by atoms with Crippen molar-refractivity contribution in [3.63, 3.8) is 0 Å². The Labute approximate surface area is 241 Å². The molecule has 0 atom stereocenters. The maximum atomic E-state index is 13.7. The van der Waals surface area contributed by atoms with E-state index in [1.807, 2.05) is 12.1 Å². The topological polar surface area (TPSA) is 105 Å². The Morgan fingerprint density at radius 2 is 1.70 bits per heavy atom. The molecule has 1 aliphatic heterocycles. The lowest BCUT2D eigenvalue weighted by atomic mass is 9.89. The van der Waals surface area contributed by atoms with Crippen LogP contribution in [0, 0.1) is 11.8 Å². The number of carbonyl (C=O) groups excluding carboxylic acids is 1. The molecule has 1 saturated heterocycles. The molecule has 1 fully saturated rings. The highest BCUT2D eigenvalue weighted by atomic mass is 19.4. The molecule has 2 aromatic carbocycles. The average Bonchev–Trinajstić information content (AvgIpc) is 2.96. The molecule has 0 aliphatic carbocycles. The first-order valence-electron chi connectivity index (χ1n) is 12.8. The summed E-state index contributed by atoms with van der Waals surface area (Å²) in [4.78, 5) is 31.9. The first-order valence-corrected chi connectivity index (χ1v) is 12.8. The summed E-state index contributed by atoms with van der Waals surface area (Å²) in [5.41, 5.74) is -1.87. The predicted octanol–water partition coefficient (Wildman–Crippen LogP) is 6.23. The number of nitrogens with zero attached hydrogens (tertiary/aromatic N) is 3. The van der Waals surface area contributed by atoms with Crippen LogP contribution in [0.1, 0.15) is 52.3 Å². The van der Waals surface area contributed by atoms with Gasteiger partial charge in [-0.2, -0.15) is 26.3 Å². The van der Waals surface area contributed by atoms with E-state index in [9.17, 15) is 35.9 Å². The van der Waals surface area contributed by atoms with E-state index in [0.717, 1.165) is 18.7 Å². The van der Waals surface area contributed by atoms with Crippen LogP contribution in [0.15, 0.2) is 48.7 Å². The SMILES string of the molecule is COC(=O)Cc1cc(C(F)(F)F)ccc1C#Cc1nc(Nc2ccc(C3CCN(C(=O)O)CC3)cc2)ncc1C(F)(F)F. The molecule has 1 aromatic heterocycles. The number of hydrogen-bond donors (Lipinski definition) is 2. The van der Waals surface area contributed by atoms with Crippen LogP contribution in [-0.2, 0) is 28.3 Å². The van der Waals surface area contributed by atoms with Crippen molar-refractivity contribution in [2.24, 2.45) is 0 Å². The second-order valence-corrected chi connectivity index (χ2v) is 9.62. The molecule has 43 heavy (non-hydrogen) atoms. The van der Waals surface area contributed by atoms with Gasteiger partial charge in [0.1, 0.15) is 11.3 Å². The van der Waals surface area contributed by atoms with Gasteiger partial charge in [-0.05, 0) is 66.1 Å². The summed E-state index contributed by atoms with van der Waals surface area (Å²) in [6.45, 7) is 0.833. The lowest BCUT2D eigenvalue weighted by Gasteiger charge is -2.30. The van der Waals surface area contributed by atoms with Crippen molar-refractivity contribution in [1.82, 2.24) is 14.9 Å². The van der Waals surface area contributed by atoms with Gasteiger partial charge >= 0.3 is 24.4 Å². The van der Waals surface area contributed by atoms with Crippen molar-refractivity contribution in [3.8, 4) is 11.8 Å². The highest BCUT2D eigenvalue weighted by Gasteiger charge is 2.35. The first-order chi connectivity index (χ1) is 20.2. The Bertz CT molecular complexity index is 1550. The normalized spacial score (nSPS) is 14.1. The number of methoxy groups -OCH3 is 1. The molecule has 8 nitrogen and oxygen atoms in total. The van der Waals surface area contributed by atoms with Gasteiger partial charge in [-0.15, -0.1) is 0 Å². The van der Waals surface area contributed by atoms with Crippen LogP contribution in [0.3, 0.4) is 0 Å². The fourth-order valence-electron chi connectivity index (χ4n) is 4.51. The van der Waals surface area contributed by atoms with Crippen LogP contribution in [0.2, 0.25) is 0 Å². The average molecular weight is 607 g/mol. The molecule has 14 heteroatoms. The molecule has 0 spiro atoms. The third-order valence-corrected chi connectivity index (χ3v) is 6.81. The molecule has 1 aliphatic rings. The van der Waals surface area contributed by atoms with Crippen molar-refractivity contribution in [1.29, 1.82) is 0 Å². The number of piperidine rings is 1. The van der Waals surface area contributed by atoms with Gasteiger partial charge in [0.25, 0.3) is 0 Å². The number of alkyl halides is 6. The summed E-state index contributed by atoms with van der Waals surface area (Å²) in [6.07, 6.45) is -9.28. The molecule has 3 aromatic rings. The zero-order valence-corrected chi connectivity index (χ0v) is 22.5. The van der Waals surface area contributed by atoms with Gasteiger partial charge in [-0.25, -0.2) is 14.8 Å². The quantitative estimate of drug-likeness (QED) is 0.202. The van der Waals surface area contributed by atoms with Crippen LogP contribution < -0.4 is 5.32 Å². The zero-order valence-electron chi connectivity index (χ0n) is 22.5. The number of nitrogens with one attached hydrogen (secondary N) is 1. The van der Waals surface area contributed by atoms with E-state index in [2.05, 4.69) is 31.9 Å². The van der Waals surface area contributed by atoms with Crippen LogP contribution in [-0.4, -0.2) is 52.2 Å². The number of rotatable bonds is 5. The van der Waals surface area contributed by atoms with Gasteiger partial charge in [0.15, 0.2) is 0 Å². The predicted molar refractivity (Wildman–Crippen MR) is 141 cm³/mol. The van der Waals surface area contributed by atoms with Crippen molar-refractivity contribution in [3.05, 3.63) is 82.2 Å². The summed E-state index contributed by atoms with van der Waals surface area (Å²) in [5.74, 6) is 3.78. The standard InChI is InChI=1S/C29H24F6N4O4/c1-43-25(40)15-20-14-21(28(30,31)32)6-2-18(20)5-9-24-23(29(33,34)35)16-36-26(38-24)37-22-7-3-17(4-8-22)19-10-12-39(13-11-19)27(41)42/h2-4,6-8,14,16,19H,10-13,15H2,1H3,(H,41,42)(H,36,37,38). The Morgan fingerprint density at radius 1 is 1.02 bits per heavy atom. The Balaban J connectivity index is 1.60. The number of benzene rings is 2. The largest absolute Gasteiger partial charge is 0.469 e. The maximum absolute atomic E-state index is 13.7. The van der Waals surface area contributed by atoms with Crippen molar-refractivity contribution in [2.45, 2.75) is 37.5 Å². The molecule has 2 N–H and O–H groups in total. The van der Waals surface area contributed by atoms with E-state index in [0.29, 0.717) is 49.9 Å². The minimum absolute atomic E-state index is 0.107. The first kappa shape index (κ1) is 31.1. The second-order valence-electron chi connectivity index (χ2n) is 9.62. The minimum Gasteiger partial charge on any atom is -0.469 e. The molecule has 1 amide bonds. The highest BCUT2D eigenvalue weighted by Crippen LogP contribution is 2.33. The fourth-order valence-corrected chi connectivity index (χ4v) is 4.51. The van der Waals surface area contributed by atoms with Crippen molar-refractivity contribution >= 4 is 23.7 Å². The lowest BCUT2D eigenvalue weighted by molar-refractivity contribution is -0.140. The number of carbonyl (C=O) groups is 2. The van der Waals surface area contributed by atoms with E-state index in [1.165, 1.54) is 4.90 Å². The molecule has 0 bridgehead atoms. The minimum atomic E-state index is -4.88. The number of carboxylic acid groups (broad SMARTS) is 1. The smallest absolute Gasteiger partial charge is 0.420 e. The molecule has 0 saturated carbocycles. The van der Waals surface area contributed by atoms with Crippen LogP contribution >= 0.6 is 0 Å². The Morgan fingerprint density at radius 3 is 2.28 bits per heavy atom. The lowest BCUT2D eigenvalue weighted by Crippen LogP contribution is -2.36. The summed E-state index contributed by atoms with van der Waals surface area (Å²) < 4.78 is 85.3. The van der Waals surface area contributed by atoms with Gasteiger partial charge in [0.05, 0.1) is 19.1 Å². The number of hydrogen-bond acceptors (Lipinski definition) is 6. The number of halogens is 6. The highest BCUT2D eigenvalue weighted by molar-refractivity contribution is 5.74. The second kappa shape index (κ2) is 12.6. The third-order valence-electron chi connectivity index (χ3n) is 6.81. The van der Waals surface area contributed by atoms with E-state index >= 15 is 0 Å². The number of aromatic nitrogens is 2. The molecule has 2 heterocycles. The number of likely N-dealkylation sites (tertiary alicyclic amines) is 1. The van der Waals surface area contributed by atoms with Crippen molar-refractivity contribution in [2.75, 3.05) is 25.5 Å².